The number of hydrogen-bond acceptors (Lipinski definition) is 3. The number of amides is 1. The Kier molecular flexibility index (Phi) is 4.28. The van der Waals surface area contributed by atoms with Gasteiger partial charge in [-0.2, -0.15) is 0 Å². The molecule has 0 saturated heterocycles. The van der Waals surface area contributed by atoms with E-state index in [1.807, 2.05) is 18.7 Å². The van der Waals surface area contributed by atoms with Gasteiger partial charge in [0, 0.05) is 24.3 Å². The molecule has 0 aromatic carbocycles. The third-order valence-electron chi connectivity index (χ3n) is 2.75. The lowest BCUT2D eigenvalue weighted by atomic mass is 10.1. The van der Waals surface area contributed by atoms with E-state index in [-0.39, 0.29) is 11.9 Å². The maximum atomic E-state index is 12.2. The summed E-state index contributed by atoms with van der Waals surface area (Å²) in [5, 5.41) is 0. The van der Waals surface area contributed by atoms with E-state index in [1.54, 1.807) is 18.3 Å². The Labute approximate surface area is 96.5 Å². The molecule has 16 heavy (non-hydrogen) atoms. The molecule has 0 fully saturated rings. The van der Waals surface area contributed by atoms with Gasteiger partial charge in [0.05, 0.1) is 0 Å². The molecule has 1 atom stereocenters. The third kappa shape index (κ3) is 2.72. The molecule has 88 valence electrons. The number of carbonyl (C=O) groups excluding carboxylic acids is 1. The highest BCUT2D eigenvalue weighted by atomic mass is 16.2. The van der Waals surface area contributed by atoms with Gasteiger partial charge in [0.2, 0.25) is 0 Å². The second-order valence-electron chi connectivity index (χ2n) is 3.82. The maximum Gasteiger partial charge on any atom is 0.254 e. The average molecular weight is 221 g/mol. The lowest BCUT2D eigenvalue weighted by Gasteiger charge is -2.27. The molecule has 0 spiro atoms. The van der Waals surface area contributed by atoms with Crippen LogP contribution in [0.2, 0.25) is 0 Å². The minimum absolute atomic E-state index is 0.0194. The van der Waals surface area contributed by atoms with Gasteiger partial charge in [-0.25, -0.2) is 4.98 Å². The number of pyridine rings is 1. The summed E-state index contributed by atoms with van der Waals surface area (Å²) in [5.41, 5.74) is 6.17. The van der Waals surface area contributed by atoms with Crippen molar-refractivity contribution in [1.82, 2.24) is 9.88 Å². The molecular weight excluding hydrogens is 202 g/mol. The molecule has 1 aromatic heterocycles. The highest BCUT2D eigenvalue weighted by Crippen LogP contribution is 2.11. The molecule has 1 amide bonds. The minimum Gasteiger partial charge on any atom is -0.384 e. The first-order valence-corrected chi connectivity index (χ1v) is 5.62. The van der Waals surface area contributed by atoms with Crippen molar-refractivity contribution in [2.45, 2.75) is 33.2 Å². The summed E-state index contributed by atoms with van der Waals surface area (Å²) in [5.74, 6) is 0.400. The van der Waals surface area contributed by atoms with Gasteiger partial charge in [-0.3, -0.25) is 4.79 Å². The van der Waals surface area contributed by atoms with Crippen LogP contribution in [0.3, 0.4) is 0 Å². The second kappa shape index (κ2) is 5.49. The summed E-state index contributed by atoms with van der Waals surface area (Å²) in [6.07, 6.45) is 2.51. The molecule has 0 saturated carbocycles. The predicted molar refractivity (Wildman–Crippen MR) is 65.1 cm³/mol. The molecule has 4 heteroatoms. The number of aromatic nitrogens is 1. The fraction of sp³-hybridized carbons (Fsp3) is 0.500. The smallest absolute Gasteiger partial charge is 0.254 e. The summed E-state index contributed by atoms with van der Waals surface area (Å²) in [4.78, 5) is 17.9. The Morgan fingerprint density at radius 2 is 2.25 bits per heavy atom. The van der Waals surface area contributed by atoms with Crippen LogP contribution in [0.5, 0.6) is 0 Å². The van der Waals surface area contributed by atoms with Gasteiger partial charge in [0.15, 0.2) is 0 Å². The predicted octanol–water partition coefficient (Wildman–Crippen LogP) is 1.92. The van der Waals surface area contributed by atoms with Crippen LogP contribution >= 0.6 is 0 Å². The van der Waals surface area contributed by atoms with Crippen LogP contribution in [-0.4, -0.2) is 28.4 Å². The molecule has 0 bridgehead atoms. The number of carbonyl (C=O) groups is 1. The van der Waals surface area contributed by atoms with Crippen molar-refractivity contribution in [1.29, 1.82) is 0 Å². The maximum absolute atomic E-state index is 12.2. The van der Waals surface area contributed by atoms with Crippen molar-refractivity contribution in [2.24, 2.45) is 0 Å². The van der Waals surface area contributed by atoms with Crippen LogP contribution in [0, 0.1) is 0 Å². The topological polar surface area (TPSA) is 59.2 Å². The van der Waals surface area contributed by atoms with Gasteiger partial charge in [0.25, 0.3) is 5.91 Å². The van der Waals surface area contributed by atoms with E-state index in [0.717, 1.165) is 6.42 Å². The third-order valence-corrected chi connectivity index (χ3v) is 2.75. The van der Waals surface area contributed by atoms with Gasteiger partial charge < -0.3 is 10.6 Å². The van der Waals surface area contributed by atoms with Crippen molar-refractivity contribution in [2.75, 3.05) is 12.3 Å². The van der Waals surface area contributed by atoms with Crippen molar-refractivity contribution in [3.8, 4) is 0 Å². The van der Waals surface area contributed by atoms with E-state index < -0.39 is 0 Å². The summed E-state index contributed by atoms with van der Waals surface area (Å²) in [6, 6.07) is 3.56. The van der Waals surface area contributed by atoms with Crippen LogP contribution in [0.4, 0.5) is 5.82 Å². The highest BCUT2D eigenvalue weighted by molar-refractivity contribution is 5.94. The Morgan fingerprint density at radius 1 is 1.56 bits per heavy atom. The van der Waals surface area contributed by atoms with Crippen LogP contribution in [0.1, 0.15) is 37.6 Å². The first kappa shape index (κ1) is 12.5. The molecule has 2 N–H and O–H groups in total. The molecule has 1 heterocycles. The van der Waals surface area contributed by atoms with E-state index >= 15 is 0 Å². The molecule has 0 aliphatic rings. The number of nitrogens with zero attached hydrogens (tertiary/aromatic N) is 2. The quantitative estimate of drug-likeness (QED) is 0.845. The lowest BCUT2D eigenvalue weighted by molar-refractivity contribution is 0.0700. The average Bonchev–Trinajstić information content (AvgIpc) is 2.29. The Hall–Kier alpha value is -1.58. The highest BCUT2D eigenvalue weighted by Gasteiger charge is 2.18. The monoisotopic (exact) mass is 221 g/mol. The molecule has 1 unspecified atom stereocenters. The summed E-state index contributed by atoms with van der Waals surface area (Å²) < 4.78 is 0. The number of nitrogens with two attached hydrogens (primary N) is 1. The van der Waals surface area contributed by atoms with Crippen molar-refractivity contribution < 1.29 is 4.79 Å². The van der Waals surface area contributed by atoms with Crippen LogP contribution in [0.25, 0.3) is 0 Å². The standard InChI is InChI=1S/C12H19N3O/c1-4-9(3)15(5-2)12(16)10-6-7-14-11(13)8-10/h6-9H,4-5H2,1-3H3,(H2,13,14). The van der Waals surface area contributed by atoms with Gasteiger partial charge in [0.1, 0.15) is 5.82 Å². The van der Waals surface area contributed by atoms with Crippen molar-refractivity contribution >= 4 is 11.7 Å². The summed E-state index contributed by atoms with van der Waals surface area (Å²) in [7, 11) is 0. The first-order chi connectivity index (χ1) is 7.60. The number of rotatable bonds is 4. The fourth-order valence-corrected chi connectivity index (χ4v) is 1.62. The van der Waals surface area contributed by atoms with E-state index in [2.05, 4.69) is 11.9 Å². The molecule has 0 radical (unpaired) electrons. The van der Waals surface area contributed by atoms with Crippen LogP contribution in [0.15, 0.2) is 18.3 Å². The first-order valence-electron chi connectivity index (χ1n) is 5.62. The van der Waals surface area contributed by atoms with E-state index in [0.29, 0.717) is 17.9 Å². The van der Waals surface area contributed by atoms with Gasteiger partial charge >= 0.3 is 0 Å². The number of nitrogen functional groups attached to an aromatic ring is 1. The Morgan fingerprint density at radius 3 is 2.75 bits per heavy atom. The van der Waals surface area contributed by atoms with Crippen LogP contribution in [-0.2, 0) is 0 Å². The molecule has 4 nitrogen and oxygen atoms in total. The van der Waals surface area contributed by atoms with E-state index in [1.165, 1.54) is 0 Å². The Bertz CT molecular complexity index is 365. The van der Waals surface area contributed by atoms with Crippen molar-refractivity contribution in [3.05, 3.63) is 23.9 Å². The minimum atomic E-state index is 0.0194. The zero-order valence-corrected chi connectivity index (χ0v) is 10.1. The molecule has 1 aromatic rings. The normalized spacial score (nSPS) is 12.2. The zero-order valence-electron chi connectivity index (χ0n) is 10.1. The van der Waals surface area contributed by atoms with Gasteiger partial charge in [-0.15, -0.1) is 0 Å². The van der Waals surface area contributed by atoms with Gasteiger partial charge in [-0.05, 0) is 32.4 Å². The summed E-state index contributed by atoms with van der Waals surface area (Å²) >= 11 is 0. The SMILES string of the molecule is CCC(C)N(CC)C(=O)c1ccnc(N)c1. The van der Waals surface area contributed by atoms with E-state index in [4.69, 9.17) is 5.73 Å². The Balaban J connectivity index is 2.91. The summed E-state index contributed by atoms with van der Waals surface area (Å²) in [6.45, 7) is 6.80. The number of anilines is 1. The van der Waals surface area contributed by atoms with Crippen LogP contribution < -0.4 is 5.73 Å². The molecule has 1 rings (SSSR count). The van der Waals surface area contributed by atoms with Crippen molar-refractivity contribution in [3.63, 3.8) is 0 Å². The molecule has 0 aliphatic carbocycles. The van der Waals surface area contributed by atoms with E-state index in [9.17, 15) is 4.79 Å². The number of hydrogen-bond donors (Lipinski definition) is 1. The molecular formula is C12H19N3O. The second-order valence-corrected chi connectivity index (χ2v) is 3.82. The van der Waals surface area contributed by atoms with Gasteiger partial charge in [-0.1, -0.05) is 6.92 Å². The zero-order chi connectivity index (χ0) is 12.1. The molecule has 0 aliphatic heterocycles. The lowest BCUT2D eigenvalue weighted by Crippen LogP contribution is -2.38. The fourth-order valence-electron chi connectivity index (χ4n) is 1.62. The largest absolute Gasteiger partial charge is 0.384 e.